The molecular weight excluding hydrogens is 595 g/mol. The van der Waals surface area contributed by atoms with Gasteiger partial charge in [-0.1, -0.05) is 19.6 Å². The number of nitrogens with zero attached hydrogens (tertiary/aromatic N) is 4. The lowest BCUT2D eigenvalue weighted by molar-refractivity contribution is 0.0377. The largest absolute Gasteiger partial charge is 0.598 e. The van der Waals surface area contributed by atoms with Crippen molar-refractivity contribution in [1.82, 2.24) is 23.8 Å². The SMILES string of the molecule is COc1cc(C(=O)OC(C)C)cc2nc(-c3cc4ccc([C@@H](C)N[S@@+]([O-])C(C)(C)C)nc4n3COCC[Si](C)(C)C)n(C)c12. The van der Waals surface area contributed by atoms with E-state index in [9.17, 15) is 9.35 Å². The second-order valence-corrected chi connectivity index (χ2v) is 21.3. The lowest BCUT2D eigenvalue weighted by Crippen LogP contribution is -2.40. The molecule has 0 aliphatic rings. The maximum Gasteiger partial charge on any atom is 0.338 e. The normalized spacial score (nSPS) is 14.0. The average Bonchev–Trinajstić information content (AvgIpc) is 3.45. The van der Waals surface area contributed by atoms with Crippen LogP contribution in [0.15, 0.2) is 30.3 Å². The quantitative estimate of drug-likeness (QED) is 0.0798. The fraction of sp³-hybridized carbons (Fsp3) is 0.531. The van der Waals surface area contributed by atoms with Crippen LogP contribution in [0, 0.1) is 0 Å². The summed E-state index contributed by atoms with van der Waals surface area (Å²) in [5.74, 6) is 0.783. The van der Waals surface area contributed by atoms with Gasteiger partial charge in [0, 0.05) is 38.5 Å². The molecule has 1 N–H and O–H groups in total. The van der Waals surface area contributed by atoms with Gasteiger partial charge in [-0.3, -0.25) is 4.57 Å². The molecular formula is C32H47N5O5SSi. The number of aryl methyl sites for hydroxylation is 1. The van der Waals surface area contributed by atoms with Gasteiger partial charge in [0.25, 0.3) is 0 Å². The van der Waals surface area contributed by atoms with Gasteiger partial charge in [-0.15, -0.1) is 4.72 Å². The van der Waals surface area contributed by atoms with Gasteiger partial charge in [0.05, 0.1) is 41.7 Å². The first-order chi connectivity index (χ1) is 20.5. The average molecular weight is 642 g/mol. The molecule has 0 aliphatic heterocycles. The van der Waals surface area contributed by atoms with E-state index in [1.54, 1.807) is 19.2 Å². The summed E-state index contributed by atoms with van der Waals surface area (Å²) in [4.78, 5) is 22.8. The smallest absolute Gasteiger partial charge is 0.338 e. The molecule has 240 valence electrons. The summed E-state index contributed by atoms with van der Waals surface area (Å²) in [6.45, 7) is 19.4. The van der Waals surface area contributed by atoms with E-state index in [1.807, 2.05) is 69.9 Å². The number of benzene rings is 1. The Kier molecular flexibility index (Phi) is 10.2. The molecule has 12 heteroatoms. The number of hydrogen-bond acceptors (Lipinski definition) is 8. The number of carbonyl (C=O) groups excluding carboxylic acids is 1. The number of rotatable bonds is 12. The van der Waals surface area contributed by atoms with Gasteiger partial charge >= 0.3 is 5.97 Å². The van der Waals surface area contributed by atoms with Crippen LogP contribution in [0.1, 0.15) is 63.6 Å². The number of ether oxygens (including phenoxy) is 3. The highest BCUT2D eigenvalue weighted by Crippen LogP contribution is 2.34. The third-order valence-electron chi connectivity index (χ3n) is 7.23. The number of carbonyl (C=O) groups is 1. The minimum Gasteiger partial charge on any atom is -0.598 e. The molecule has 0 saturated heterocycles. The second kappa shape index (κ2) is 13.2. The zero-order valence-corrected chi connectivity index (χ0v) is 29.7. The van der Waals surface area contributed by atoms with Gasteiger partial charge in [0.15, 0.2) is 5.82 Å². The first kappa shape index (κ1) is 34.0. The van der Waals surface area contributed by atoms with Crippen LogP contribution in [0.5, 0.6) is 5.75 Å². The van der Waals surface area contributed by atoms with Crippen molar-refractivity contribution in [1.29, 1.82) is 0 Å². The molecule has 0 aliphatic carbocycles. The Balaban J connectivity index is 1.82. The van der Waals surface area contributed by atoms with E-state index in [1.165, 1.54) is 0 Å². The van der Waals surface area contributed by atoms with Crippen molar-refractivity contribution in [2.45, 2.75) is 90.9 Å². The number of aromatic nitrogens is 4. The topological polar surface area (TPSA) is 115 Å². The summed E-state index contributed by atoms with van der Waals surface area (Å²) in [5, 5.41) is 0.932. The Hall–Kier alpha value is -2.90. The van der Waals surface area contributed by atoms with Crippen molar-refractivity contribution in [2.24, 2.45) is 7.05 Å². The number of hydrogen-bond donors (Lipinski definition) is 1. The fourth-order valence-electron chi connectivity index (χ4n) is 4.73. The predicted molar refractivity (Wildman–Crippen MR) is 180 cm³/mol. The van der Waals surface area contributed by atoms with Gasteiger partial charge in [0.2, 0.25) is 0 Å². The molecule has 0 radical (unpaired) electrons. The molecule has 0 bridgehead atoms. The van der Waals surface area contributed by atoms with Crippen molar-refractivity contribution in [2.75, 3.05) is 13.7 Å². The lowest BCUT2D eigenvalue weighted by atomic mass is 10.2. The third kappa shape index (κ3) is 7.66. The van der Waals surface area contributed by atoms with Crippen LogP contribution >= 0.6 is 0 Å². The fourth-order valence-corrected chi connectivity index (χ4v) is 6.28. The van der Waals surface area contributed by atoms with Gasteiger partial charge in [-0.25, -0.2) is 14.8 Å². The van der Waals surface area contributed by atoms with Gasteiger partial charge in [-0.2, -0.15) is 0 Å². The molecule has 1 aromatic carbocycles. The van der Waals surface area contributed by atoms with Crippen molar-refractivity contribution >= 4 is 47.5 Å². The number of methoxy groups -OCH3 is 1. The summed E-state index contributed by atoms with van der Waals surface area (Å²) in [7, 11) is 2.22. The highest BCUT2D eigenvalue weighted by Gasteiger charge is 2.29. The Morgan fingerprint density at radius 3 is 2.43 bits per heavy atom. The standard InChI is InChI=1S/C32H47N5O5SSi/c1-20(2)42-31(38)23-16-25-28(27(18-23)40-8)36(7)30(34-25)26-17-22-12-13-24(21(3)35-43(39)32(4,5)6)33-29(22)37(26)19-41-14-15-44(9,10)11/h12-13,16-18,20-21,35H,14-15,19H2,1-11H3/t21-,43+/m1/s1. The summed E-state index contributed by atoms with van der Waals surface area (Å²) >= 11 is -1.25. The number of pyridine rings is 1. The Labute approximate surface area is 264 Å². The molecule has 0 amide bonds. The van der Waals surface area contributed by atoms with E-state index in [2.05, 4.69) is 30.4 Å². The van der Waals surface area contributed by atoms with Gasteiger partial charge in [-0.05, 0) is 77.9 Å². The van der Waals surface area contributed by atoms with Gasteiger partial charge in [0.1, 0.15) is 28.4 Å². The number of nitrogens with one attached hydrogen (secondary N) is 1. The molecule has 4 rings (SSSR count). The van der Waals surface area contributed by atoms with Crippen LogP contribution in [0.3, 0.4) is 0 Å². The monoisotopic (exact) mass is 641 g/mol. The summed E-state index contributed by atoms with van der Waals surface area (Å²) in [6.07, 6.45) is -0.246. The lowest BCUT2D eigenvalue weighted by Gasteiger charge is -2.26. The molecule has 4 aromatic rings. The van der Waals surface area contributed by atoms with E-state index in [-0.39, 0.29) is 12.1 Å². The minimum absolute atomic E-state index is 0.233. The molecule has 3 aromatic heterocycles. The Morgan fingerprint density at radius 2 is 1.82 bits per heavy atom. The number of esters is 1. The van der Waals surface area contributed by atoms with Crippen molar-refractivity contribution in [3.63, 3.8) is 0 Å². The number of fused-ring (bicyclic) bond motifs is 2. The van der Waals surface area contributed by atoms with Crippen LogP contribution in [-0.2, 0) is 34.6 Å². The van der Waals surface area contributed by atoms with Crippen LogP contribution in [0.25, 0.3) is 33.6 Å². The van der Waals surface area contributed by atoms with E-state index in [0.29, 0.717) is 36.0 Å². The first-order valence-electron chi connectivity index (χ1n) is 15.0. The zero-order valence-electron chi connectivity index (χ0n) is 27.9. The van der Waals surface area contributed by atoms with Crippen LogP contribution < -0.4 is 9.46 Å². The van der Waals surface area contributed by atoms with E-state index in [4.69, 9.17) is 24.2 Å². The first-order valence-corrected chi connectivity index (χ1v) is 19.9. The van der Waals surface area contributed by atoms with Crippen LogP contribution in [0.4, 0.5) is 0 Å². The molecule has 10 nitrogen and oxygen atoms in total. The molecule has 0 spiro atoms. The van der Waals surface area contributed by atoms with Crippen molar-refractivity contribution in [3.8, 4) is 17.3 Å². The predicted octanol–water partition coefficient (Wildman–Crippen LogP) is 6.59. The molecule has 3 heterocycles. The molecule has 0 saturated carbocycles. The summed E-state index contributed by atoms with van der Waals surface area (Å²) in [5.41, 5.74) is 4.11. The molecule has 2 atom stereocenters. The van der Waals surface area contributed by atoms with E-state index in [0.717, 1.165) is 34.0 Å². The maximum atomic E-state index is 12.8. The minimum atomic E-state index is -1.29. The maximum absolute atomic E-state index is 12.8. The molecule has 0 fully saturated rings. The zero-order chi connectivity index (χ0) is 32.6. The molecule has 0 unspecified atom stereocenters. The van der Waals surface area contributed by atoms with E-state index < -0.39 is 30.2 Å². The highest BCUT2D eigenvalue weighted by molar-refractivity contribution is 7.90. The van der Waals surface area contributed by atoms with Crippen LogP contribution in [-0.4, -0.2) is 62.3 Å². The Bertz CT molecular complexity index is 1640. The third-order valence-corrected chi connectivity index (χ3v) is 10.6. The van der Waals surface area contributed by atoms with Crippen LogP contribution in [0.2, 0.25) is 25.7 Å². The summed E-state index contributed by atoms with van der Waals surface area (Å²) in [6, 6.07) is 10.3. The van der Waals surface area contributed by atoms with Gasteiger partial charge < -0.3 is 23.3 Å². The summed E-state index contributed by atoms with van der Waals surface area (Å²) < 4.78 is 37.0. The van der Waals surface area contributed by atoms with E-state index >= 15 is 0 Å². The second-order valence-electron chi connectivity index (χ2n) is 13.7. The van der Waals surface area contributed by atoms with Crippen molar-refractivity contribution < 1.29 is 23.6 Å². The van der Waals surface area contributed by atoms with Crippen molar-refractivity contribution in [3.05, 3.63) is 41.6 Å². The number of imidazole rings is 1. The molecule has 44 heavy (non-hydrogen) atoms. The highest BCUT2D eigenvalue weighted by atomic mass is 32.2. The Morgan fingerprint density at radius 1 is 1.11 bits per heavy atom.